The highest BCUT2D eigenvalue weighted by Crippen LogP contribution is 2.26. The van der Waals surface area contributed by atoms with Crippen LogP contribution in [0.2, 0.25) is 0 Å². The maximum Gasteiger partial charge on any atom is 0.313 e. The number of hydrogen-bond donors (Lipinski definition) is 2. The van der Waals surface area contributed by atoms with Crippen molar-refractivity contribution < 1.29 is 14.0 Å². The Morgan fingerprint density at radius 1 is 1.03 bits per heavy atom. The molecule has 1 saturated heterocycles. The first-order chi connectivity index (χ1) is 14.0. The fourth-order valence-electron chi connectivity index (χ4n) is 3.52. The third-order valence-corrected chi connectivity index (χ3v) is 5.16. The first-order valence-corrected chi connectivity index (χ1v) is 9.81. The van der Waals surface area contributed by atoms with Gasteiger partial charge in [-0.05, 0) is 55.8 Å². The zero-order valence-corrected chi connectivity index (χ0v) is 16.8. The van der Waals surface area contributed by atoms with Gasteiger partial charge in [0, 0.05) is 26.3 Å². The van der Waals surface area contributed by atoms with E-state index < -0.39 is 17.6 Å². The highest BCUT2D eigenvalue weighted by molar-refractivity contribution is 6.39. The predicted molar refractivity (Wildman–Crippen MR) is 112 cm³/mol. The summed E-state index contributed by atoms with van der Waals surface area (Å²) >= 11 is 0. The zero-order chi connectivity index (χ0) is 20.8. The summed E-state index contributed by atoms with van der Waals surface area (Å²) in [7, 11) is 3.97. The number of carbonyl (C=O) groups excluding carboxylic acids is 2. The van der Waals surface area contributed by atoms with Gasteiger partial charge in [-0.1, -0.05) is 24.3 Å². The summed E-state index contributed by atoms with van der Waals surface area (Å²) in [5, 5.41) is 5.03. The monoisotopic (exact) mass is 398 g/mol. The van der Waals surface area contributed by atoms with Crippen molar-refractivity contribution in [3.63, 3.8) is 0 Å². The molecule has 1 fully saturated rings. The van der Waals surface area contributed by atoms with E-state index >= 15 is 0 Å². The predicted octanol–water partition coefficient (Wildman–Crippen LogP) is 2.78. The molecular formula is C22H27FN4O2. The number of hydrogen-bond acceptors (Lipinski definition) is 4. The Bertz CT molecular complexity index is 848. The molecule has 0 bridgehead atoms. The second kappa shape index (κ2) is 9.52. The Morgan fingerprint density at radius 3 is 2.31 bits per heavy atom. The molecule has 1 atom stereocenters. The minimum Gasteiger partial charge on any atom is -0.378 e. The summed E-state index contributed by atoms with van der Waals surface area (Å²) < 4.78 is 13.7. The van der Waals surface area contributed by atoms with E-state index in [1.54, 1.807) is 6.07 Å². The van der Waals surface area contributed by atoms with Gasteiger partial charge in [-0.2, -0.15) is 0 Å². The molecule has 2 aromatic carbocycles. The van der Waals surface area contributed by atoms with Crippen LogP contribution >= 0.6 is 0 Å². The van der Waals surface area contributed by atoms with Crippen LogP contribution in [0, 0.1) is 5.82 Å². The molecule has 1 aliphatic rings. The van der Waals surface area contributed by atoms with E-state index in [0.29, 0.717) is 6.54 Å². The summed E-state index contributed by atoms with van der Waals surface area (Å²) in [6.45, 7) is 2.22. The molecule has 0 spiro atoms. The molecule has 154 valence electrons. The number of carbonyl (C=O) groups is 2. The highest BCUT2D eigenvalue weighted by atomic mass is 19.1. The summed E-state index contributed by atoms with van der Waals surface area (Å²) in [6.07, 6.45) is 2.24. The molecule has 2 aromatic rings. The van der Waals surface area contributed by atoms with Crippen LogP contribution in [0.1, 0.15) is 24.4 Å². The molecule has 7 heteroatoms. The van der Waals surface area contributed by atoms with E-state index in [0.717, 1.165) is 37.2 Å². The Kier molecular flexibility index (Phi) is 6.82. The van der Waals surface area contributed by atoms with Crippen molar-refractivity contribution in [2.24, 2.45) is 0 Å². The summed E-state index contributed by atoms with van der Waals surface area (Å²) in [5.41, 5.74) is 2.18. The van der Waals surface area contributed by atoms with Crippen molar-refractivity contribution in [2.75, 3.05) is 43.9 Å². The number of nitrogens with zero attached hydrogens (tertiary/aromatic N) is 2. The standard InChI is InChI=1S/C22H27FN4O2/c1-26(2)17-11-9-16(10-12-17)20(27-13-5-6-14-27)15-24-21(28)22(29)25-19-8-4-3-7-18(19)23/h3-4,7-12,20H,5-6,13-15H2,1-2H3,(H,24,28)(H,25,29)/t20-/m0/s1. The van der Waals surface area contributed by atoms with Gasteiger partial charge in [0.2, 0.25) is 0 Å². The van der Waals surface area contributed by atoms with E-state index in [4.69, 9.17) is 0 Å². The first kappa shape index (κ1) is 20.8. The lowest BCUT2D eigenvalue weighted by Gasteiger charge is -2.28. The van der Waals surface area contributed by atoms with Crippen LogP contribution in [0.5, 0.6) is 0 Å². The van der Waals surface area contributed by atoms with Gasteiger partial charge < -0.3 is 15.5 Å². The fraction of sp³-hybridized carbons (Fsp3) is 0.364. The van der Waals surface area contributed by atoms with E-state index in [9.17, 15) is 14.0 Å². The molecule has 6 nitrogen and oxygen atoms in total. The van der Waals surface area contributed by atoms with Crippen molar-refractivity contribution in [3.8, 4) is 0 Å². The van der Waals surface area contributed by atoms with Crippen molar-refractivity contribution >= 4 is 23.2 Å². The van der Waals surface area contributed by atoms with E-state index in [1.165, 1.54) is 18.2 Å². The quantitative estimate of drug-likeness (QED) is 0.735. The van der Waals surface area contributed by atoms with E-state index in [1.807, 2.05) is 31.1 Å². The average molecular weight is 398 g/mol. The molecule has 1 aliphatic heterocycles. The number of halogens is 1. The van der Waals surface area contributed by atoms with Gasteiger partial charge in [-0.15, -0.1) is 0 Å². The van der Waals surface area contributed by atoms with Gasteiger partial charge in [0.05, 0.1) is 11.7 Å². The second-order valence-corrected chi connectivity index (χ2v) is 7.39. The summed E-state index contributed by atoms with van der Waals surface area (Å²) in [5.74, 6) is -2.23. The molecule has 2 N–H and O–H groups in total. The van der Waals surface area contributed by atoms with Crippen molar-refractivity contribution in [1.29, 1.82) is 0 Å². The van der Waals surface area contributed by atoms with Gasteiger partial charge >= 0.3 is 11.8 Å². The van der Waals surface area contributed by atoms with Crippen LogP contribution in [0.3, 0.4) is 0 Å². The second-order valence-electron chi connectivity index (χ2n) is 7.39. The van der Waals surface area contributed by atoms with E-state index in [-0.39, 0.29) is 11.7 Å². The third kappa shape index (κ3) is 5.32. The number of para-hydroxylation sites is 1. The number of rotatable bonds is 6. The topological polar surface area (TPSA) is 64.7 Å². The average Bonchev–Trinajstić information content (AvgIpc) is 3.24. The molecule has 0 unspecified atom stereocenters. The molecule has 1 heterocycles. The largest absolute Gasteiger partial charge is 0.378 e. The number of likely N-dealkylation sites (tertiary alicyclic amines) is 1. The van der Waals surface area contributed by atoms with Crippen LogP contribution in [-0.4, -0.2) is 50.4 Å². The first-order valence-electron chi connectivity index (χ1n) is 9.81. The van der Waals surface area contributed by atoms with Gasteiger partial charge in [-0.3, -0.25) is 14.5 Å². The molecule has 0 saturated carbocycles. The minimum absolute atomic E-state index is 0.0111. The molecule has 2 amide bonds. The van der Waals surface area contributed by atoms with Gasteiger partial charge in [0.1, 0.15) is 5.82 Å². The SMILES string of the molecule is CN(C)c1ccc([C@H](CNC(=O)C(=O)Nc2ccccc2F)N2CCCC2)cc1. The molecule has 3 rings (SSSR count). The normalized spacial score (nSPS) is 15.0. The van der Waals surface area contributed by atoms with Crippen molar-refractivity contribution in [1.82, 2.24) is 10.2 Å². The Morgan fingerprint density at radius 2 is 1.69 bits per heavy atom. The smallest absolute Gasteiger partial charge is 0.313 e. The number of amides is 2. The zero-order valence-electron chi connectivity index (χ0n) is 16.8. The fourth-order valence-corrected chi connectivity index (χ4v) is 3.52. The third-order valence-electron chi connectivity index (χ3n) is 5.16. The van der Waals surface area contributed by atoms with Crippen LogP contribution < -0.4 is 15.5 Å². The molecular weight excluding hydrogens is 371 g/mol. The molecule has 0 aliphatic carbocycles. The molecule has 0 aromatic heterocycles. The number of benzene rings is 2. The Hall–Kier alpha value is -2.93. The van der Waals surface area contributed by atoms with Gasteiger partial charge in [0.15, 0.2) is 0 Å². The van der Waals surface area contributed by atoms with E-state index in [2.05, 4.69) is 27.7 Å². The minimum atomic E-state index is -0.877. The van der Waals surface area contributed by atoms with Crippen LogP contribution in [-0.2, 0) is 9.59 Å². The van der Waals surface area contributed by atoms with Gasteiger partial charge in [-0.25, -0.2) is 4.39 Å². The van der Waals surface area contributed by atoms with Crippen molar-refractivity contribution in [2.45, 2.75) is 18.9 Å². The Labute approximate surface area is 170 Å². The van der Waals surface area contributed by atoms with Crippen LogP contribution in [0.4, 0.5) is 15.8 Å². The highest BCUT2D eigenvalue weighted by Gasteiger charge is 2.25. The summed E-state index contributed by atoms with van der Waals surface area (Å²) in [6, 6.07) is 14.0. The Balaban J connectivity index is 1.65. The van der Waals surface area contributed by atoms with Crippen molar-refractivity contribution in [3.05, 3.63) is 59.9 Å². The van der Waals surface area contributed by atoms with Crippen LogP contribution in [0.15, 0.2) is 48.5 Å². The summed E-state index contributed by atoms with van der Waals surface area (Å²) in [4.78, 5) is 28.8. The number of nitrogens with one attached hydrogen (secondary N) is 2. The lowest BCUT2D eigenvalue weighted by molar-refractivity contribution is -0.136. The lowest BCUT2D eigenvalue weighted by atomic mass is 10.0. The number of anilines is 2. The molecule has 0 radical (unpaired) electrons. The maximum absolute atomic E-state index is 13.7. The molecule has 29 heavy (non-hydrogen) atoms. The lowest BCUT2D eigenvalue weighted by Crippen LogP contribution is -2.41. The van der Waals surface area contributed by atoms with Crippen LogP contribution in [0.25, 0.3) is 0 Å². The maximum atomic E-state index is 13.7. The van der Waals surface area contributed by atoms with Gasteiger partial charge in [0.25, 0.3) is 0 Å².